The largest absolute Gasteiger partial charge is 0.385 e. The third-order valence-corrected chi connectivity index (χ3v) is 5.13. The smallest absolute Gasteiger partial charge is 0.244 e. The second-order valence-electron chi connectivity index (χ2n) is 7.14. The quantitative estimate of drug-likeness (QED) is 0.916. The molecule has 2 aromatic carbocycles. The van der Waals surface area contributed by atoms with Crippen LogP contribution in [-0.4, -0.2) is 48.0 Å². The van der Waals surface area contributed by atoms with Crippen molar-refractivity contribution < 1.29 is 14.3 Å². The van der Waals surface area contributed by atoms with E-state index in [1.807, 2.05) is 44.4 Å². The van der Waals surface area contributed by atoms with Crippen LogP contribution in [0.1, 0.15) is 30.0 Å². The molecule has 26 heavy (non-hydrogen) atoms. The van der Waals surface area contributed by atoms with E-state index in [2.05, 4.69) is 0 Å². The molecule has 1 saturated heterocycles. The molecule has 0 unspecified atom stereocenters. The minimum absolute atomic E-state index is 0.0595. The van der Waals surface area contributed by atoms with Crippen molar-refractivity contribution in [3.8, 4) is 0 Å². The molecule has 1 atom stereocenters. The van der Waals surface area contributed by atoms with Crippen LogP contribution in [0.15, 0.2) is 54.6 Å². The highest BCUT2D eigenvalue weighted by Crippen LogP contribution is 2.34. The van der Waals surface area contributed by atoms with Crippen LogP contribution >= 0.6 is 0 Å². The lowest BCUT2D eigenvalue weighted by atomic mass is 9.84. The Kier molecular flexibility index (Phi) is 5.39. The summed E-state index contributed by atoms with van der Waals surface area (Å²) in [6, 6.07) is 15.2. The van der Waals surface area contributed by atoms with Gasteiger partial charge in [0.15, 0.2) is 0 Å². The predicted molar refractivity (Wildman–Crippen MR) is 99.0 cm³/mol. The third kappa shape index (κ3) is 3.79. The van der Waals surface area contributed by atoms with E-state index >= 15 is 0 Å². The van der Waals surface area contributed by atoms with Crippen LogP contribution in [0.2, 0.25) is 0 Å². The number of piperidine rings is 1. The number of likely N-dealkylation sites (N-methyl/N-ethyl adjacent to an activating group) is 1. The summed E-state index contributed by atoms with van der Waals surface area (Å²) in [7, 11) is 3.63. The van der Waals surface area contributed by atoms with Crippen LogP contribution in [0, 0.1) is 5.82 Å². The summed E-state index contributed by atoms with van der Waals surface area (Å²) >= 11 is 0. The van der Waals surface area contributed by atoms with E-state index in [0.29, 0.717) is 31.5 Å². The van der Waals surface area contributed by atoms with Crippen molar-refractivity contribution in [2.75, 3.05) is 27.2 Å². The summed E-state index contributed by atoms with van der Waals surface area (Å²) in [4.78, 5) is 16.7. The number of aliphatic hydroxyl groups is 1. The number of rotatable bonds is 4. The third-order valence-electron chi connectivity index (χ3n) is 5.13. The second-order valence-corrected chi connectivity index (χ2v) is 7.14. The molecule has 2 aromatic rings. The Hall–Kier alpha value is -2.24. The normalized spacial score (nSPS) is 18.0. The fourth-order valence-electron chi connectivity index (χ4n) is 3.65. The summed E-state index contributed by atoms with van der Waals surface area (Å²) in [5, 5.41) is 10.9. The van der Waals surface area contributed by atoms with Crippen LogP contribution in [0.5, 0.6) is 0 Å². The molecule has 0 saturated carbocycles. The predicted octanol–water partition coefficient (Wildman–Crippen LogP) is 2.94. The molecule has 1 aliphatic heterocycles. The number of likely N-dealkylation sites (tertiary alicyclic amines) is 1. The van der Waals surface area contributed by atoms with Gasteiger partial charge in [0.1, 0.15) is 11.9 Å². The first-order chi connectivity index (χ1) is 12.4. The zero-order valence-corrected chi connectivity index (χ0v) is 15.2. The molecule has 1 amide bonds. The summed E-state index contributed by atoms with van der Waals surface area (Å²) in [5.74, 6) is -0.407. The van der Waals surface area contributed by atoms with Crippen LogP contribution in [0.25, 0.3) is 0 Å². The number of hydrogen-bond acceptors (Lipinski definition) is 3. The molecular weight excluding hydrogens is 331 g/mol. The lowest BCUT2D eigenvalue weighted by Crippen LogP contribution is -2.48. The van der Waals surface area contributed by atoms with Gasteiger partial charge in [0.05, 0.1) is 5.60 Å². The first-order valence-electron chi connectivity index (χ1n) is 8.89. The molecule has 138 valence electrons. The van der Waals surface area contributed by atoms with Gasteiger partial charge in [0, 0.05) is 13.1 Å². The van der Waals surface area contributed by atoms with Crippen LogP contribution < -0.4 is 0 Å². The number of hydrogen-bond donors (Lipinski definition) is 1. The van der Waals surface area contributed by atoms with Crippen LogP contribution in [0.4, 0.5) is 4.39 Å². The summed E-state index contributed by atoms with van der Waals surface area (Å²) in [5.41, 5.74) is 0.634. The molecule has 4 nitrogen and oxygen atoms in total. The van der Waals surface area contributed by atoms with Crippen molar-refractivity contribution in [1.82, 2.24) is 9.80 Å². The SMILES string of the molecule is CN(C)[C@H](C(=O)N1CCC(O)(c2ccccc2)CC1)c1cccc(F)c1. The standard InChI is InChI=1S/C21H25FN2O2/c1-23(2)19(16-7-6-10-18(22)15-16)20(25)24-13-11-21(26,12-14-24)17-8-4-3-5-9-17/h3-10,15,19,26H,11-14H2,1-2H3/t19-/m0/s1. The second kappa shape index (κ2) is 7.56. The van der Waals surface area contributed by atoms with Gasteiger partial charge in [-0.2, -0.15) is 0 Å². The van der Waals surface area contributed by atoms with E-state index in [4.69, 9.17) is 0 Å². The molecule has 1 fully saturated rings. The van der Waals surface area contributed by atoms with Crippen molar-refractivity contribution >= 4 is 5.91 Å². The van der Waals surface area contributed by atoms with Gasteiger partial charge < -0.3 is 10.0 Å². The first-order valence-corrected chi connectivity index (χ1v) is 8.89. The van der Waals surface area contributed by atoms with Gasteiger partial charge in [-0.1, -0.05) is 42.5 Å². The van der Waals surface area contributed by atoms with E-state index in [9.17, 15) is 14.3 Å². The van der Waals surface area contributed by atoms with E-state index in [1.54, 1.807) is 21.9 Å². The minimum atomic E-state index is -0.898. The van der Waals surface area contributed by atoms with Gasteiger partial charge in [-0.05, 0) is 50.2 Å². The van der Waals surface area contributed by atoms with Gasteiger partial charge in [-0.15, -0.1) is 0 Å². The van der Waals surface area contributed by atoms with E-state index in [0.717, 1.165) is 5.56 Å². The monoisotopic (exact) mass is 356 g/mol. The fourth-order valence-corrected chi connectivity index (χ4v) is 3.65. The lowest BCUT2D eigenvalue weighted by molar-refractivity contribution is -0.141. The molecule has 0 aromatic heterocycles. The number of carbonyl (C=O) groups excluding carboxylic acids is 1. The van der Waals surface area contributed by atoms with Crippen LogP contribution in [-0.2, 0) is 10.4 Å². The molecule has 5 heteroatoms. The minimum Gasteiger partial charge on any atom is -0.385 e. The Morgan fingerprint density at radius 2 is 1.77 bits per heavy atom. The van der Waals surface area contributed by atoms with Gasteiger partial charge in [0.25, 0.3) is 0 Å². The molecule has 1 aliphatic rings. The van der Waals surface area contributed by atoms with E-state index in [1.165, 1.54) is 12.1 Å². The highest BCUT2D eigenvalue weighted by Gasteiger charge is 2.37. The molecule has 3 rings (SSSR count). The Morgan fingerprint density at radius 3 is 2.35 bits per heavy atom. The molecule has 0 bridgehead atoms. The average Bonchev–Trinajstić information content (AvgIpc) is 2.63. The summed E-state index contributed by atoms with van der Waals surface area (Å²) < 4.78 is 13.6. The summed E-state index contributed by atoms with van der Waals surface area (Å²) in [6.07, 6.45) is 0.984. The molecule has 1 heterocycles. The number of amides is 1. The van der Waals surface area contributed by atoms with Crippen molar-refractivity contribution in [2.24, 2.45) is 0 Å². The van der Waals surface area contributed by atoms with Crippen molar-refractivity contribution in [3.05, 3.63) is 71.5 Å². The Balaban J connectivity index is 1.74. The highest BCUT2D eigenvalue weighted by molar-refractivity contribution is 5.83. The molecule has 0 aliphatic carbocycles. The zero-order valence-electron chi connectivity index (χ0n) is 15.2. The van der Waals surface area contributed by atoms with E-state index in [-0.39, 0.29) is 11.7 Å². The Bertz CT molecular complexity index is 756. The van der Waals surface area contributed by atoms with Crippen LogP contribution in [0.3, 0.4) is 0 Å². The topological polar surface area (TPSA) is 43.8 Å². The number of halogens is 1. The average molecular weight is 356 g/mol. The molecule has 0 radical (unpaired) electrons. The number of benzene rings is 2. The van der Waals surface area contributed by atoms with E-state index < -0.39 is 11.6 Å². The zero-order chi connectivity index (χ0) is 18.7. The lowest BCUT2D eigenvalue weighted by Gasteiger charge is -2.40. The summed E-state index contributed by atoms with van der Waals surface area (Å²) in [6.45, 7) is 0.952. The maximum Gasteiger partial charge on any atom is 0.244 e. The Labute approximate surface area is 153 Å². The van der Waals surface area contributed by atoms with Gasteiger partial charge in [0.2, 0.25) is 5.91 Å². The maximum absolute atomic E-state index is 13.6. The highest BCUT2D eigenvalue weighted by atomic mass is 19.1. The molecule has 0 spiro atoms. The first kappa shape index (κ1) is 18.5. The molecular formula is C21H25FN2O2. The van der Waals surface area contributed by atoms with Crippen molar-refractivity contribution in [1.29, 1.82) is 0 Å². The Morgan fingerprint density at radius 1 is 1.12 bits per heavy atom. The number of carbonyl (C=O) groups is 1. The van der Waals surface area contributed by atoms with Gasteiger partial charge in [-0.3, -0.25) is 9.69 Å². The van der Waals surface area contributed by atoms with Crippen molar-refractivity contribution in [3.63, 3.8) is 0 Å². The maximum atomic E-state index is 13.6. The van der Waals surface area contributed by atoms with Crippen molar-refractivity contribution in [2.45, 2.75) is 24.5 Å². The number of nitrogens with zero attached hydrogens (tertiary/aromatic N) is 2. The molecule has 1 N–H and O–H groups in total. The fraction of sp³-hybridized carbons (Fsp3) is 0.381. The van der Waals surface area contributed by atoms with Gasteiger partial charge in [-0.25, -0.2) is 4.39 Å². The van der Waals surface area contributed by atoms with Gasteiger partial charge >= 0.3 is 0 Å².